The number of rotatable bonds is 1. The van der Waals surface area contributed by atoms with Crippen LogP contribution in [0.15, 0.2) is 21.3 Å². The van der Waals surface area contributed by atoms with Gasteiger partial charge in [-0.05, 0) is 25.5 Å². The van der Waals surface area contributed by atoms with Gasteiger partial charge in [-0.3, -0.25) is 0 Å². The largest absolute Gasteiger partial charge is 0.423 e. The van der Waals surface area contributed by atoms with Crippen molar-refractivity contribution in [3.8, 4) is 0 Å². The van der Waals surface area contributed by atoms with Crippen molar-refractivity contribution in [3.63, 3.8) is 0 Å². The summed E-state index contributed by atoms with van der Waals surface area (Å²) in [7, 11) is 0. The maximum atomic E-state index is 10.8. The molecule has 0 atom stereocenters. The lowest BCUT2D eigenvalue weighted by Crippen LogP contribution is -2.27. The second-order valence-corrected chi connectivity index (χ2v) is 2.48. The fourth-order valence-corrected chi connectivity index (χ4v) is 1.06. The second kappa shape index (κ2) is 3.90. The molecule has 1 heterocycles. The molecular weight excluding hydrogens is 152 g/mol. The molecule has 1 aromatic rings. The summed E-state index contributed by atoms with van der Waals surface area (Å²) in [5, 5.41) is 0.986. The van der Waals surface area contributed by atoms with Crippen LogP contribution < -0.4 is 16.3 Å². The first-order valence-electron chi connectivity index (χ1n) is 4.04. The molecule has 0 saturated carbocycles. The first kappa shape index (κ1) is 8.78. The van der Waals surface area contributed by atoms with Crippen molar-refractivity contribution in [2.75, 3.05) is 0 Å². The van der Waals surface area contributed by atoms with E-state index in [0.717, 1.165) is 11.6 Å². The van der Waals surface area contributed by atoms with Crippen LogP contribution in [0.3, 0.4) is 0 Å². The third-order valence-electron chi connectivity index (χ3n) is 1.58. The summed E-state index contributed by atoms with van der Waals surface area (Å²) in [6.07, 6.45) is 4.76. The van der Waals surface area contributed by atoms with E-state index in [1.165, 1.54) is 6.07 Å². The van der Waals surface area contributed by atoms with Crippen molar-refractivity contribution < 1.29 is 4.42 Å². The highest BCUT2D eigenvalue weighted by Crippen LogP contribution is 1.73. The fraction of sp³-hybridized carbons (Fsp3) is 0.300. The van der Waals surface area contributed by atoms with E-state index < -0.39 is 0 Å². The van der Waals surface area contributed by atoms with Gasteiger partial charge in [0.15, 0.2) is 0 Å². The molecule has 1 rings (SSSR count). The van der Waals surface area contributed by atoms with Crippen LogP contribution in [0, 0.1) is 0 Å². The number of hydrogen-bond acceptors (Lipinski definition) is 2. The Balaban J connectivity index is 3.52. The van der Waals surface area contributed by atoms with E-state index in [-0.39, 0.29) is 5.63 Å². The molecule has 0 radical (unpaired) electrons. The molecule has 0 amide bonds. The lowest BCUT2D eigenvalue weighted by Gasteiger charge is -1.86. The Kier molecular flexibility index (Phi) is 2.86. The Labute approximate surface area is 70.8 Å². The van der Waals surface area contributed by atoms with Crippen LogP contribution in [-0.2, 0) is 0 Å². The molecule has 0 aliphatic carbocycles. The SMILES string of the molecule is C/C=c1/oc(=O)cc/c1=C/CC. The molecule has 1 aromatic heterocycles. The molecule has 12 heavy (non-hydrogen) atoms. The van der Waals surface area contributed by atoms with Crippen molar-refractivity contribution in [2.45, 2.75) is 20.3 Å². The van der Waals surface area contributed by atoms with Gasteiger partial charge in [0.05, 0.1) is 0 Å². The maximum Gasteiger partial charge on any atom is 0.336 e. The second-order valence-electron chi connectivity index (χ2n) is 2.48. The van der Waals surface area contributed by atoms with Crippen molar-refractivity contribution in [3.05, 3.63) is 33.2 Å². The Bertz CT molecular complexity index is 412. The van der Waals surface area contributed by atoms with Gasteiger partial charge in [-0.1, -0.05) is 13.0 Å². The molecular formula is C10H12O2. The molecule has 0 aromatic carbocycles. The zero-order valence-corrected chi connectivity index (χ0v) is 7.33. The van der Waals surface area contributed by atoms with Gasteiger partial charge in [0.25, 0.3) is 0 Å². The van der Waals surface area contributed by atoms with Gasteiger partial charge < -0.3 is 4.42 Å². The van der Waals surface area contributed by atoms with Crippen molar-refractivity contribution in [1.29, 1.82) is 0 Å². The maximum absolute atomic E-state index is 10.8. The van der Waals surface area contributed by atoms with E-state index in [1.807, 2.05) is 19.9 Å². The molecule has 0 saturated heterocycles. The topological polar surface area (TPSA) is 30.2 Å². The average Bonchev–Trinajstić information content (AvgIpc) is 2.08. The van der Waals surface area contributed by atoms with Crippen LogP contribution >= 0.6 is 0 Å². The van der Waals surface area contributed by atoms with E-state index in [0.29, 0.717) is 5.42 Å². The first-order chi connectivity index (χ1) is 5.77. The van der Waals surface area contributed by atoms with Gasteiger partial charge in [0, 0.05) is 11.3 Å². The summed E-state index contributed by atoms with van der Waals surface area (Å²) in [5.41, 5.74) is 0.362. The Morgan fingerprint density at radius 3 is 2.83 bits per heavy atom. The van der Waals surface area contributed by atoms with Gasteiger partial charge in [-0.2, -0.15) is 0 Å². The zero-order valence-electron chi connectivity index (χ0n) is 7.33. The van der Waals surface area contributed by atoms with E-state index in [4.69, 9.17) is 4.42 Å². The van der Waals surface area contributed by atoms with E-state index in [9.17, 15) is 4.79 Å². The highest BCUT2D eigenvalue weighted by molar-refractivity contribution is 5.25. The molecule has 2 heteroatoms. The first-order valence-corrected chi connectivity index (χ1v) is 4.04. The third kappa shape index (κ3) is 1.84. The van der Waals surface area contributed by atoms with Crippen molar-refractivity contribution >= 4 is 12.2 Å². The van der Waals surface area contributed by atoms with Crippen molar-refractivity contribution in [2.24, 2.45) is 0 Å². The fourth-order valence-electron chi connectivity index (χ4n) is 1.06. The molecule has 0 unspecified atom stereocenters. The third-order valence-corrected chi connectivity index (χ3v) is 1.58. The lowest BCUT2D eigenvalue weighted by molar-refractivity contribution is 0.473. The van der Waals surface area contributed by atoms with Gasteiger partial charge in [-0.15, -0.1) is 0 Å². The predicted molar refractivity (Wildman–Crippen MR) is 49.1 cm³/mol. The highest BCUT2D eigenvalue weighted by atomic mass is 16.4. The molecule has 0 aliphatic heterocycles. The molecule has 0 spiro atoms. The van der Waals surface area contributed by atoms with Crippen LogP contribution in [0.5, 0.6) is 0 Å². The molecule has 64 valence electrons. The van der Waals surface area contributed by atoms with Crippen LogP contribution in [0.1, 0.15) is 20.3 Å². The van der Waals surface area contributed by atoms with E-state index in [1.54, 1.807) is 12.1 Å². The van der Waals surface area contributed by atoms with Gasteiger partial charge >= 0.3 is 5.63 Å². The normalized spacial score (nSPS) is 13.8. The van der Waals surface area contributed by atoms with Crippen LogP contribution in [0.25, 0.3) is 12.2 Å². The molecule has 0 N–H and O–H groups in total. The lowest BCUT2D eigenvalue weighted by atomic mass is 10.3. The Morgan fingerprint density at radius 1 is 1.50 bits per heavy atom. The van der Waals surface area contributed by atoms with Crippen LogP contribution in [-0.4, -0.2) is 0 Å². The smallest absolute Gasteiger partial charge is 0.336 e. The van der Waals surface area contributed by atoms with Gasteiger partial charge in [-0.25, -0.2) is 4.79 Å². The quantitative estimate of drug-likeness (QED) is 0.609. The Hall–Kier alpha value is -1.31. The average molecular weight is 164 g/mol. The minimum atomic E-state index is -0.295. The summed E-state index contributed by atoms with van der Waals surface area (Å²) >= 11 is 0. The predicted octanol–water partition coefficient (Wildman–Crippen LogP) is 0.631. The Morgan fingerprint density at radius 2 is 2.25 bits per heavy atom. The van der Waals surface area contributed by atoms with Crippen LogP contribution in [0.2, 0.25) is 0 Å². The van der Waals surface area contributed by atoms with Gasteiger partial charge in [0.2, 0.25) is 0 Å². The molecule has 0 aliphatic rings. The van der Waals surface area contributed by atoms with E-state index in [2.05, 4.69) is 0 Å². The molecule has 2 nitrogen and oxygen atoms in total. The zero-order chi connectivity index (χ0) is 8.97. The standard InChI is InChI=1S/C10H12O2/c1-3-5-8-6-7-10(11)12-9(8)4-2/h4-7H,3H2,1-2H3/b8-5-,9-4+. The van der Waals surface area contributed by atoms with E-state index >= 15 is 0 Å². The summed E-state index contributed by atoms with van der Waals surface area (Å²) in [5.74, 6) is 0. The van der Waals surface area contributed by atoms with Crippen molar-refractivity contribution in [1.82, 2.24) is 0 Å². The van der Waals surface area contributed by atoms with Crippen LogP contribution in [0.4, 0.5) is 0 Å². The minimum Gasteiger partial charge on any atom is -0.423 e. The highest BCUT2D eigenvalue weighted by Gasteiger charge is 1.87. The summed E-state index contributed by atoms with van der Waals surface area (Å²) in [6.45, 7) is 3.90. The minimum absolute atomic E-state index is 0.295. The molecule has 0 fully saturated rings. The summed E-state index contributed by atoms with van der Waals surface area (Å²) in [6, 6.07) is 3.22. The number of hydrogen-bond donors (Lipinski definition) is 0. The summed E-state index contributed by atoms with van der Waals surface area (Å²) in [4.78, 5) is 10.8. The van der Waals surface area contributed by atoms with Gasteiger partial charge in [0.1, 0.15) is 5.42 Å². The molecule has 0 bridgehead atoms. The monoisotopic (exact) mass is 164 g/mol. The summed E-state index contributed by atoms with van der Waals surface area (Å²) < 4.78 is 4.97.